The van der Waals surface area contributed by atoms with Gasteiger partial charge in [-0.1, -0.05) is 23.8 Å². The third-order valence-corrected chi connectivity index (χ3v) is 7.23. The number of amides is 2. The van der Waals surface area contributed by atoms with Crippen molar-refractivity contribution in [3.63, 3.8) is 0 Å². The summed E-state index contributed by atoms with van der Waals surface area (Å²) in [6.45, 7) is 5.98. The summed E-state index contributed by atoms with van der Waals surface area (Å²) in [6, 6.07) is 4.25. The van der Waals surface area contributed by atoms with Gasteiger partial charge < -0.3 is 24.9 Å². The minimum atomic E-state index is -1.27. The van der Waals surface area contributed by atoms with E-state index in [0.717, 1.165) is 29.5 Å². The summed E-state index contributed by atoms with van der Waals surface area (Å²) in [7, 11) is 0. The normalized spacial score (nSPS) is 29.6. The van der Waals surface area contributed by atoms with E-state index in [-0.39, 0.29) is 41.4 Å². The van der Waals surface area contributed by atoms with Crippen molar-refractivity contribution in [2.45, 2.75) is 61.9 Å². The Morgan fingerprint density at radius 3 is 2.76 bits per heavy atom. The number of carboxylic acids is 1. The van der Waals surface area contributed by atoms with Crippen molar-refractivity contribution >= 4 is 29.5 Å². The third-order valence-electron chi connectivity index (χ3n) is 5.66. The number of fused-ring (bicyclic) bond motifs is 2. The number of aliphatic carboxylic acids is 1. The van der Waals surface area contributed by atoms with Gasteiger partial charge in [-0.15, -0.1) is 11.8 Å². The Morgan fingerprint density at radius 2 is 2.07 bits per heavy atom. The molecule has 1 N–H and O–H groups in total. The molecule has 9 heteroatoms. The van der Waals surface area contributed by atoms with Crippen molar-refractivity contribution in [3.8, 4) is 0 Å². The van der Waals surface area contributed by atoms with E-state index in [4.69, 9.17) is 4.74 Å². The van der Waals surface area contributed by atoms with E-state index in [0.29, 0.717) is 6.61 Å². The van der Waals surface area contributed by atoms with Crippen molar-refractivity contribution in [2.24, 2.45) is 0 Å². The van der Waals surface area contributed by atoms with E-state index in [2.05, 4.69) is 5.32 Å². The zero-order valence-corrected chi connectivity index (χ0v) is 19.9. The van der Waals surface area contributed by atoms with E-state index < -0.39 is 34.3 Å². The summed E-state index contributed by atoms with van der Waals surface area (Å²) < 4.78 is 5.14. The van der Waals surface area contributed by atoms with Crippen LogP contribution < -0.4 is 40.0 Å². The Morgan fingerprint density at radius 1 is 1.34 bits per heavy atom. The third kappa shape index (κ3) is 3.85. The van der Waals surface area contributed by atoms with Crippen molar-refractivity contribution in [2.75, 3.05) is 6.61 Å². The molecule has 4 atom stereocenters. The molecule has 3 aliphatic rings. The van der Waals surface area contributed by atoms with Crippen LogP contribution in [0.2, 0.25) is 0 Å². The Kier molecular flexibility index (Phi) is 6.42. The van der Waals surface area contributed by atoms with Gasteiger partial charge in [-0.3, -0.25) is 9.59 Å². The number of carboxylic acid groups (broad SMARTS) is 1. The van der Waals surface area contributed by atoms with Crippen LogP contribution >= 0.6 is 11.8 Å². The molecule has 0 radical (unpaired) electrons. The van der Waals surface area contributed by atoms with Crippen LogP contribution in [0.4, 0.5) is 0 Å². The molecule has 0 spiro atoms. The van der Waals surface area contributed by atoms with Crippen molar-refractivity contribution in [1.82, 2.24) is 10.2 Å². The van der Waals surface area contributed by atoms with E-state index in [1.165, 1.54) is 16.7 Å². The van der Waals surface area contributed by atoms with Gasteiger partial charge in [-0.05, 0) is 44.7 Å². The maximum atomic E-state index is 13.0. The van der Waals surface area contributed by atoms with Gasteiger partial charge in [-0.25, -0.2) is 0 Å². The average Bonchev–Trinajstić information content (AvgIpc) is 2.75. The predicted molar refractivity (Wildman–Crippen MR) is 101 cm³/mol. The summed E-state index contributed by atoms with van der Waals surface area (Å²) >= 11 is 1.38. The Bertz CT molecular complexity index is 861. The summed E-state index contributed by atoms with van der Waals surface area (Å²) in [5.41, 5.74) is 2.96. The van der Waals surface area contributed by atoms with Crippen molar-refractivity contribution in [3.05, 3.63) is 34.9 Å². The van der Waals surface area contributed by atoms with Crippen LogP contribution in [-0.2, 0) is 25.5 Å². The number of rotatable bonds is 3. The monoisotopic (exact) mass is 426 g/mol. The van der Waals surface area contributed by atoms with Crippen LogP contribution in [0.5, 0.6) is 0 Å². The largest absolute Gasteiger partial charge is 1.00 e. The van der Waals surface area contributed by atoms with Gasteiger partial charge >= 0.3 is 29.6 Å². The first-order valence-corrected chi connectivity index (χ1v) is 10.3. The number of thioether (sulfide) groups is 1. The maximum absolute atomic E-state index is 13.0. The van der Waals surface area contributed by atoms with E-state index in [1.54, 1.807) is 13.8 Å². The number of hydrogen-bond acceptors (Lipinski definition) is 6. The first kappa shape index (κ1) is 22.6. The molecule has 2 amide bonds. The maximum Gasteiger partial charge on any atom is 1.00 e. The molecule has 0 saturated carbocycles. The molecule has 1 aromatic carbocycles. The Labute approximate surface area is 196 Å². The first-order valence-electron chi connectivity index (χ1n) is 9.43. The Balaban J connectivity index is 0.00000240. The number of nitrogens with zero attached hydrogens (tertiary/aromatic N) is 1. The molecule has 3 aliphatic heterocycles. The number of benzene rings is 1. The molecule has 1 unspecified atom stereocenters. The molecule has 4 rings (SSSR count). The number of carbonyl (C=O) groups excluding carboxylic acids is 3. The molecule has 0 aliphatic carbocycles. The van der Waals surface area contributed by atoms with Gasteiger partial charge in [0, 0.05) is 11.4 Å². The minimum absolute atomic E-state index is 0. The summed E-state index contributed by atoms with van der Waals surface area (Å²) in [4.78, 5) is 38.4. The molecule has 3 heterocycles. The zero-order chi connectivity index (χ0) is 20.2. The number of aryl methyl sites for hydroxylation is 2. The van der Waals surface area contributed by atoms with Gasteiger partial charge in [0.2, 0.25) is 5.91 Å². The van der Waals surface area contributed by atoms with Gasteiger partial charge in [0.1, 0.15) is 11.4 Å². The summed E-state index contributed by atoms with van der Waals surface area (Å²) in [6.07, 6.45) is 0.904. The number of ether oxygens (including phenoxy) is 1. The van der Waals surface area contributed by atoms with Crippen molar-refractivity contribution in [1.29, 1.82) is 0 Å². The van der Waals surface area contributed by atoms with Crippen LogP contribution in [0.3, 0.4) is 0 Å². The standard InChI is InChI=1S/C20H24N2O5S.Na/c1-10-6-7-11-5-4-8-27-14(12(11)9-10)16(23)21-13-17(24)22-15(19(25)26)20(2,3)28-18(13)22;/h6-7,9,13-15,18H,4-5,8H2,1-3H3,(H,21,23)(H,25,26);/q;+1/p-1/t13-,14?,15+,18-;/m1./s1. The Hall–Kier alpha value is -1.06. The van der Waals surface area contributed by atoms with Gasteiger partial charge in [0.05, 0.1) is 12.0 Å². The molecular formula is C20H23N2NaO5S. The number of carbonyl (C=O) groups is 3. The second-order valence-corrected chi connectivity index (χ2v) is 9.89. The van der Waals surface area contributed by atoms with E-state index >= 15 is 0 Å². The molecule has 2 fully saturated rings. The molecule has 7 nitrogen and oxygen atoms in total. The summed E-state index contributed by atoms with van der Waals surface area (Å²) in [5.74, 6) is -2.01. The molecule has 2 saturated heterocycles. The van der Waals surface area contributed by atoms with E-state index in [9.17, 15) is 19.5 Å². The van der Waals surface area contributed by atoms with E-state index in [1.807, 2.05) is 25.1 Å². The zero-order valence-electron chi connectivity index (χ0n) is 17.1. The van der Waals surface area contributed by atoms with Crippen LogP contribution in [-0.4, -0.2) is 51.5 Å². The predicted octanol–water partition coefficient (Wildman–Crippen LogP) is -2.70. The molecule has 0 bridgehead atoms. The molecule has 1 aromatic rings. The molecule has 0 aromatic heterocycles. The van der Waals surface area contributed by atoms with Crippen LogP contribution in [0.25, 0.3) is 0 Å². The molecule has 150 valence electrons. The fourth-order valence-electron chi connectivity index (χ4n) is 4.31. The number of β-lactam (4-membered cyclic amide) rings is 1. The number of hydrogen-bond donors (Lipinski definition) is 1. The second-order valence-electron chi connectivity index (χ2n) is 8.12. The van der Waals surface area contributed by atoms with Gasteiger partial charge in [-0.2, -0.15) is 0 Å². The smallest absolute Gasteiger partial charge is 0.548 e. The topological polar surface area (TPSA) is 98.8 Å². The second kappa shape index (κ2) is 8.23. The average molecular weight is 426 g/mol. The fourth-order valence-corrected chi connectivity index (χ4v) is 5.93. The molecule has 29 heavy (non-hydrogen) atoms. The van der Waals surface area contributed by atoms with Gasteiger partial charge in [0.15, 0.2) is 6.10 Å². The van der Waals surface area contributed by atoms with Crippen LogP contribution in [0, 0.1) is 6.92 Å². The molecular weight excluding hydrogens is 403 g/mol. The SMILES string of the molecule is Cc1ccc2c(c1)C(C(=O)N[C@@H]1C(=O)N3[C@@H]1SC(C)(C)[C@@H]3C(=O)[O-])OCCC2.[Na+]. The summed E-state index contributed by atoms with van der Waals surface area (Å²) in [5, 5.41) is 13.9. The first-order chi connectivity index (χ1) is 13.2. The van der Waals surface area contributed by atoms with Gasteiger partial charge in [0.25, 0.3) is 5.91 Å². The van der Waals surface area contributed by atoms with Crippen LogP contribution in [0.15, 0.2) is 18.2 Å². The number of nitrogens with one attached hydrogen (secondary N) is 1. The quantitative estimate of drug-likeness (QED) is 0.417. The fraction of sp³-hybridized carbons (Fsp3) is 0.550. The van der Waals surface area contributed by atoms with Crippen LogP contribution in [0.1, 0.15) is 43.1 Å². The minimum Gasteiger partial charge on any atom is -0.548 e. The van der Waals surface area contributed by atoms with Crippen molar-refractivity contribution < 1.29 is 53.8 Å².